The van der Waals surface area contributed by atoms with Crippen LogP contribution in [0.2, 0.25) is 0 Å². The molecule has 0 bridgehead atoms. The number of benzene rings is 1. The molecule has 0 aliphatic heterocycles. The highest BCUT2D eigenvalue weighted by Gasteiger charge is 2.24. The Morgan fingerprint density at radius 1 is 1.25 bits per heavy atom. The fourth-order valence-corrected chi connectivity index (χ4v) is 3.76. The quantitative estimate of drug-likeness (QED) is 0.869. The van der Waals surface area contributed by atoms with Gasteiger partial charge in [0.05, 0.1) is 0 Å². The van der Waals surface area contributed by atoms with Gasteiger partial charge in [-0.2, -0.15) is 0 Å². The van der Waals surface area contributed by atoms with Crippen LogP contribution in [-0.2, 0) is 6.54 Å². The van der Waals surface area contributed by atoms with Crippen molar-refractivity contribution in [2.24, 2.45) is 5.73 Å². The van der Waals surface area contributed by atoms with Crippen LogP contribution in [0.5, 0.6) is 0 Å². The minimum atomic E-state index is 0.431. The Hall–Kier alpha value is -0.380. The molecule has 3 heteroatoms. The van der Waals surface area contributed by atoms with E-state index in [0.717, 1.165) is 6.54 Å². The molecular formula is C17H27BrN2. The third kappa shape index (κ3) is 4.31. The third-order valence-corrected chi connectivity index (χ3v) is 5.09. The van der Waals surface area contributed by atoms with Gasteiger partial charge in [-0.3, -0.25) is 4.90 Å². The molecule has 112 valence electrons. The lowest BCUT2D eigenvalue weighted by Crippen LogP contribution is -2.40. The van der Waals surface area contributed by atoms with Crippen LogP contribution < -0.4 is 5.73 Å². The standard InChI is InChI=1S/C17H27BrN2/c1-3-10-20(16-8-6-15(19)7-9-16)12-14-5-4-13(2)11-17(14)18/h4-5,11,15-16H,3,6-10,12,19H2,1-2H3. The van der Waals surface area contributed by atoms with Gasteiger partial charge in [-0.05, 0) is 62.8 Å². The average Bonchev–Trinajstić information content (AvgIpc) is 2.42. The Bertz CT molecular complexity index is 425. The summed E-state index contributed by atoms with van der Waals surface area (Å²) >= 11 is 3.71. The Kier molecular flexibility index (Phi) is 6.06. The number of rotatable bonds is 5. The van der Waals surface area contributed by atoms with Crippen molar-refractivity contribution in [1.82, 2.24) is 4.90 Å². The van der Waals surface area contributed by atoms with Crippen LogP contribution in [0.4, 0.5) is 0 Å². The predicted octanol–water partition coefficient (Wildman–Crippen LogP) is 4.24. The smallest absolute Gasteiger partial charge is 0.0247 e. The van der Waals surface area contributed by atoms with Crippen molar-refractivity contribution in [2.45, 2.75) is 64.6 Å². The summed E-state index contributed by atoms with van der Waals surface area (Å²) in [6, 6.07) is 7.83. The van der Waals surface area contributed by atoms with Crippen LogP contribution in [0, 0.1) is 6.92 Å². The van der Waals surface area contributed by atoms with E-state index in [2.05, 4.69) is 52.9 Å². The lowest BCUT2D eigenvalue weighted by atomic mass is 9.90. The van der Waals surface area contributed by atoms with E-state index in [-0.39, 0.29) is 0 Å². The van der Waals surface area contributed by atoms with E-state index in [1.807, 2.05) is 0 Å². The summed E-state index contributed by atoms with van der Waals surface area (Å²) in [5.74, 6) is 0. The highest BCUT2D eigenvalue weighted by atomic mass is 79.9. The molecule has 1 saturated carbocycles. The Labute approximate surface area is 131 Å². The normalized spacial score (nSPS) is 23.2. The second kappa shape index (κ2) is 7.58. The molecule has 1 fully saturated rings. The topological polar surface area (TPSA) is 29.3 Å². The number of halogens is 1. The van der Waals surface area contributed by atoms with Crippen LogP contribution in [0.1, 0.15) is 50.2 Å². The Balaban J connectivity index is 2.04. The maximum Gasteiger partial charge on any atom is 0.0247 e. The molecule has 0 atom stereocenters. The van der Waals surface area contributed by atoms with Crippen LogP contribution in [0.25, 0.3) is 0 Å². The van der Waals surface area contributed by atoms with Crippen LogP contribution in [0.3, 0.4) is 0 Å². The van der Waals surface area contributed by atoms with E-state index in [0.29, 0.717) is 12.1 Å². The molecule has 1 aliphatic rings. The van der Waals surface area contributed by atoms with Crippen molar-refractivity contribution in [3.63, 3.8) is 0 Å². The van der Waals surface area contributed by atoms with Gasteiger partial charge in [-0.1, -0.05) is 35.0 Å². The first kappa shape index (κ1) is 16.0. The van der Waals surface area contributed by atoms with Crippen molar-refractivity contribution >= 4 is 15.9 Å². The number of hydrogen-bond acceptors (Lipinski definition) is 2. The summed E-state index contributed by atoms with van der Waals surface area (Å²) in [7, 11) is 0. The van der Waals surface area contributed by atoms with Gasteiger partial charge in [0, 0.05) is 23.1 Å². The largest absolute Gasteiger partial charge is 0.328 e. The summed E-state index contributed by atoms with van der Waals surface area (Å²) in [5, 5.41) is 0. The van der Waals surface area contributed by atoms with Crippen LogP contribution in [-0.4, -0.2) is 23.5 Å². The third-order valence-electron chi connectivity index (χ3n) is 4.35. The van der Waals surface area contributed by atoms with Gasteiger partial charge in [0.2, 0.25) is 0 Å². The number of hydrogen-bond donors (Lipinski definition) is 1. The van der Waals surface area contributed by atoms with E-state index in [1.165, 1.54) is 54.2 Å². The van der Waals surface area contributed by atoms with Gasteiger partial charge in [0.25, 0.3) is 0 Å². The molecule has 2 nitrogen and oxygen atoms in total. The minimum absolute atomic E-state index is 0.431. The van der Waals surface area contributed by atoms with Gasteiger partial charge in [0.15, 0.2) is 0 Å². The number of nitrogens with two attached hydrogens (primary N) is 1. The maximum atomic E-state index is 6.04. The van der Waals surface area contributed by atoms with E-state index in [9.17, 15) is 0 Å². The molecule has 2 rings (SSSR count). The van der Waals surface area contributed by atoms with E-state index in [4.69, 9.17) is 5.73 Å². The molecule has 1 aromatic carbocycles. The lowest BCUT2D eigenvalue weighted by Gasteiger charge is -2.36. The second-order valence-electron chi connectivity index (χ2n) is 6.13. The fourth-order valence-electron chi connectivity index (χ4n) is 3.14. The highest BCUT2D eigenvalue weighted by molar-refractivity contribution is 9.10. The van der Waals surface area contributed by atoms with Crippen molar-refractivity contribution < 1.29 is 0 Å². The molecule has 2 N–H and O–H groups in total. The van der Waals surface area contributed by atoms with Crippen molar-refractivity contribution in [3.05, 3.63) is 33.8 Å². The number of aryl methyl sites for hydroxylation is 1. The molecule has 0 heterocycles. The summed E-state index contributed by atoms with van der Waals surface area (Å²) < 4.78 is 1.24. The molecule has 0 amide bonds. The predicted molar refractivity (Wildman–Crippen MR) is 89.8 cm³/mol. The molecule has 20 heavy (non-hydrogen) atoms. The summed E-state index contributed by atoms with van der Waals surface area (Å²) in [5.41, 5.74) is 8.75. The molecule has 0 aromatic heterocycles. The van der Waals surface area contributed by atoms with Crippen molar-refractivity contribution in [1.29, 1.82) is 0 Å². The van der Waals surface area contributed by atoms with Crippen molar-refractivity contribution in [2.75, 3.05) is 6.54 Å². The molecular weight excluding hydrogens is 312 g/mol. The molecule has 0 unspecified atom stereocenters. The second-order valence-corrected chi connectivity index (χ2v) is 6.99. The zero-order valence-electron chi connectivity index (χ0n) is 12.7. The Morgan fingerprint density at radius 2 is 1.95 bits per heavy atom. The maximum absolute atomic E-state index is 6.04. The summed E-state index contributed by atoms with van der Waals surface area (Å²) in [6.07, 6.45) is 6.08. The zero-order valence-corrected chi connectivity index (χ0v) is 14.3. The molecule has 1 aliphatic carbocycles. The zero-order chi connectivity index (χ0) is 14.5. The van der Waals surface area contributed by atoms with Crippen LogP contribution >= 0.6 is 15.9 Å². The van der Waals surface area contributed by atoms with Gasteiger partial charge in [0.1, 0.15) is 0 Å². The fraction of sp³-hybridized carbons (Fsp3) is 0.647. The van der Waals surface area contributed by atoms with Gasteiger partial charge < -0.3 is 5.73 Å². The number of nitrogens with zero attached hydrogens (tertiary/aromatic N) is 1. The molecule has 0 spiro atoms. The summed E-state index contributed by atoms with van der Waals surface area (Å²) in [6.45, 7) is 6.64. The van der Waals surface area contributed by atoms with Crippen LogP contribution in [0.15, 0.2) is 22.7 Å². The minimum Gasteiger partial charge on any atom is -0.328 e. The molecule has 1 aromatic rings. The van der Waals surface area contributed by atoms with Crippen molar-refractivity contribution in [3.8, 4) is 0 Å². The van der Waals surface area contributed by atoms with E-state index >= 15 is 0 Å². The summed E-state index contributed by atoms with van der Waals surface area (Å²) in [4.78, 5) is 2.65. The average molecular weight is 339 g/mol. The SMILES string of the molecule is CCCN(Cc1ccc(C)cc1Br)C1CCC(N)CC1. The first-order valence-electron chi connectivity index (χ1n) is 7.84. The van der Waals surface area contributed by atoms with E-state index in [1.54, 1.807) is 0 Å². The molecule has 0 radical (unpaired) electrons. The molecule has 0 saturated heterocycles. The Morgan fingerprint density at radius 3 is 2.55 bits per heavy atom. The van der Waals surface area contributed by atoms with Gasteiger partial charge in [-0.15, -0.1) is 0 Å². The van der Waals surface area contributed by atoms with E-state index < -0.39 is 0 Å². The highest BCUT2D eigenvalue weighted by Crippen LogP contribution is 2.26. The first-order valence-corrected chi connectivity index (χ1v) is 8.64. The van der Waals surface area contributed by atoms with Gasteiger partial charge >= 0.3 is 0 Å². The monoisotopic (exact) mass is 338 g/mol. The first-order chi connectivity index (χ1) is 9.60. The van der Waals surface area contributed by atoms with Gasteiger partial charge in [-0.25, -0.2) is 0 Å². The lowest BCUT2D eigenvalue weighted by molar-refractivity contribution is 0.142.